The second-order valence-electron chi connectivity index (χ2n) is 7.59. The van der Waals surface area contributed by atoms with Gasteiger partial charge < -0.3 is 14.9 Å². The van der Waals surface area contributed by atoms with E-state index in [0.717, 1.165) is 44.3 Å². The van der Waals surface area contributed by atoms with Gasteiger partial charge in [0.1, 0.15) is 0 Å². The van der Waals surface area contributed by atoms with Gasteiger partial charge in [-0.1, -0.05) is 6.07 Å². The zero-order valence-corrected chi connectivity index (χ0v) is 18.0. The number of aliphatic carboxylic acids is 1. The van der Waals surface area contributed by atoms with Crippen molar-refractivity contribution in [3.8, 4) is 0 Å². The second-order valence-corrected chi connectivity index (χ2v) is 8.45. The minimum absolute atomic E-state index is 0.206. The first kappa shape index (κ1) is 25.0. The Hall–Kier alpha value is -2.30. The van der Waals surface area contributed by atoms with E-state index in [1.165, 1.54) is 0 Å². The van der Waals surface area contributed by atoms with Gasteiger partial charge in [0.2, 0.25) is 11.8 Å². The highest BCUT2D eigenvalue weighted by Crippen LogP contribution is 2.42. The van der Waals surface area contributed by atoms with Crippen molar-refractivity contribution < 1.29 is 32.7 Å². The fraction of sp³-hybridized carbons (Fsp3) is 0.600. The van der Waals surface area contributed by atoms with Gasteiger partial charge in [-0.3, -0.25) is 14.6 Å². The molecule has 2 fully saturated rings. The topological polar surface area (TPSA) is 90.8 Å². The lowest BCUT2D eigenvalue weighted by Gasteiger charge is -2.26. The zero-order chi connectivity index (χ0) is 23.1. The van der Waals surface area contributed by atoms with Crippen molar-refractivity contribution in [2.24, 2.45) is 5.41 Å². The summed E-state index contributed by atoms with van der Waals surface area (Å²) in [4.78, 5) is 42.1. The molecule has 172 valence electrons. The van der Waals surface area contributed by atoms with Gasteiger partial charge in [0.15, 0.2) is 0 Å². The van der Waals surface area contributed by atoms with Gasteiger partial charge in [-0.25, -0.2) is 4.79 Å². The summed E-state index contributed by atoms with van der Waals surface area (Å²) in [5, 5.41) is 7.12. The predicted octanol–water partition coefficient (Wildman–Crippen LogP) is 2.81. The number of hydrogen-bond acceptors (Lipinski definition) is 5. The van der Waals surface area contributed by atoms with E-state index in [2.05, 4.69) is 4.98 Å². The SMILES string of the molecule is CSCC(=O)N1CCCC2(CC1)CCN(Cc1cccnc1)C2=O.O=C(O)C(F)(F)F. The van der Waals surface area contributed by atoms with Crippen LogP contribution in [0.2, 0.25) is 0 Å². The fourth-order valence-electron chi connectivity index (χ4n) is 3.88. The number of alkyl halides is 3. The number of carboxylic acid groups (broad SMARTS) is 1. The Balaban J connectivity index is 0.000000423. The average molecular weight is 462 g/mol. The van der Waals surface area contributed by atoms with Crippen LogP contribution in [0.4, 0.5) is 13.2 Å². The van der Waals surface area contributed by atoms with Crippen LogP contribution in [-0.2, 0) is 20.9 Å². The fourth-order valence-corrected chi connectivity index (χ4v) is 4.31. The van der Waals surface area contributed by atoms with Gasteiger partial charge in [-0.2, -0.15) is 24.9 Å². The maximum Gasteiger partial charge on any atom is 0.490 e. The molecule has 2 amide bonds. The number of nitrogens with zero attached hydrogens (tertiary/aromatic N) is 3. The molecule has 3 rings (SSSR count). The van der Waals surface area contributed by atoms with Gasteiger partial charge in [0, 0.05) is 38.6 Å². The van der Waals surface area contributed by atoms with E-state index in [0.29, 0.717) is 18.8 Å². The monoisotopic (exact) mass is 461 g/mol. The number of rotatable bonds is 4. The molecule has 0 aromatic carbocycles. The van der Waals surface area contributed by atoms with Crippen LogP contribution in [0.5, 0.6) is 0 Å². The van der Waals surface area contributed by atoms with Crippen molar-refractivity contribution in [3.63, 3.8) is 0 Å². The Morgan fingerprint density at radius 3 is 2.48 bits per heavy atom. The first-order valence-corrected chi connectivity index (χ1v) is 11.2. The van der Waals surface area contributed by atoms with Crippen LogP contribution < -0.4 is 0 Å². The highest BCUT2D eigenvalue weighted by atomic mass is 32.2. The Morgan fingerprint density at radius 2 is 1.90 bits per heavy atom. The van der Waals surface area contributed by atoms with Crippen LogP contribution in [0.3, 0.4) is 0 Å². The number of carbonyl (C=O) groups is 3. The number of carboxylic acids is 1. The summed E-state index contributed by atoms with van der Waals surface area (Å²) < 4.78 is 31.7. The molecule has 31 heavy (non-hydrogen) atoms. The van der Waals surface area contributed by atoms with Crippen LogP contribution >= 0.6 is 11.8 Å². The van der Waals surface area contributed by atoms with E-state index < -0.39 is 12.1 Å². The molecular weight excluding hydrogens is 435 g/mol. The number of carbonyl (C=O) groups excluding carboxylic acids is 2. The van der Waals surface area contributed by atoms with Crippen molar-refractivity contribution in [2.75, 3.05) is 31.6 Å². The van der Waals surface area contributed by atoms with Crippen molar-refractivity contribution >= 4 is 29.5 Å². The van der Waals surface area contributed by atoms with Crippen molar-refractivity contribution in [1.82, 2.24) is 14.8 Å². The largest absolute Gasteiger partial charge is 0.490 e. The van der Waals surface area contributed by atoms with Gasteiger partial charge >= 0.3 is 12.1 Å². The molecular formula is C20H26F3N3O4S. The quantitative estimate of drug-likeness (QED) is 0.742. The number of pyridine rings is 1. The van der Waals surface area contributed by atoms with Crippen molar-refractivity contribution in [2.45, 2.75) is 38.4 Å². The van der Waals surface area contributed by atoms with Crippen LogP contribution in [0.25, 0.3) is 0 Å². The molecule has 2 aliphatic heterocycles. The highest BCUT2D eigenvalue weighted by Gasteiger charge is 2.47. The Morgan fingerprint density at radius 1 is 1.23 bits per heavy atom. The molecule has 1 unspecified atom stereocenters. The lowest BCUT2D eigenvalue weighted by atomic mass is 9.79. The molecule has 2 saturated heterocycles. The molecule has 3 heterocycles. The van der Waals surface area contributed by atoms with Gasteiger partial charge in [0.05, 0.1) is 11.2 Å². The Kier molecular flexibility index (Phi) is 8.72. The molecule has 1 N–H and O–H groups in total. The number of halogens is 3. The van der Waals surface area contributed by atoms with Crippen LogP contribution in [0.1, 0.15) is 31.2 Å². The molecule has 0 radical (unpaired) electrons. The summed E-state index contributed by atoms with van der Waals surface area (Å²) in [6.45, 7) is 2.96. The first-order valence-electron chi connectivity index (χ1n) is 9.84. The third kappa shape index (κ3) is 6.84. The predicted molar refractivity (Wildman–Crippen MR) is 109 cm³/mol. The summed E-state index contributed by atoms with van der Waals surface area (Å²) >= 11 is 1.56. The van der Waals surface area contributed by atoms with E-state index in [1.54, 1.807) is 18.0 Å². The van der Waals surface area contributed by atoms with Crippen molar-refractivity contribution in [3.05, 3.63) is 30.1 Å². The molecule has 0 bridgehead atoms. The molecule has 0 saturated carbocycles. The first-order chi connectivity index (χ1) is 14.6. The smallest absolute Gasteiger partial charge is 0.475 e. The Labute approximate surface area is 183 Å². The Bertz CT molecular complexity index is 779. The third-order valence-electron chi connectivity index (χ3n) is 5.50. The van der Waals surface area contributed by atoms with Crippen molar-refractivity contribution in [1.29, 1.82) is 0 Å². The van der Waals surface area contributed by atoms with E-state index in [-0.39, 0.29) is 17.2 Å². The standard InChI is InChI=1S/C18H25N3O2S.C2HF3O2/c1-24-14-16(22)20-9-3-5-18(6-10-20)7-11-21(17(18)23)13-15-4-2-8-19-12-15;3-2(4,5)1(6)7/h2,4,8,12H,3,5-7,9-11,13-14H2,1H3;(H,6,7). The normalized spacial score (nSPS) is 21.5. The summed E-state index contributed by atoms with van der Waals surface area (Å²) in [6, 6.07) is 3.92. The van der Waals surface area contributed by atoms with Gasteiger partial charge in [-0.15, -0.1) is 0 Å². The minimum atomic E-state index is -5.08. The maximum atomic E-state index is 13.0. The number of thioether (sulfide) groups is 1. The number of amides is 2. The maximum absolute atomic E-state index is 13.0. The van der Waals surface area contributed by atoms with E-state index in [9.17, 15) is 22.8 Å². The van der Waals surface area contributed by atoms with Crippen LogP contribution in [0.15, 0.2) is 24.5 Å². The molecule has 1 aromatic rings. The minimum Gasteiger partial charge on any atom is -0.475 e. The molecule has 1 aromatic heterocycles. The van der Waals surface area contributed by atoms with Crippen LogP contribution in [-0.4, -0.2) is 75.5 Å². The molecule has 7 nitrogen and oxygen atoms in total. The zero-order valence-electron chi connectivity index (χ0n) is 17.2. The second kappa shape index (κ2) is 10.8. The van der Waals surface area contributed by atoms with E-state index in [1.807, 2.05) is 34.4 Å². The molecule has 11 heteroatoms. The lowest BCUT2D eigenvalue weighted by molar-refractivity contribution is -0.192. The van der Waals surface area contributed by atoms with Gasteiger partial charge in [-0.05, 0) is 43.6 Å². The third-order valence-corrected chi connectivity index (χ3v) is 6.04. The number of hydrogen-bond donors (Lipinski definition) is 1. The molecule has 0 aliphatic carbocycles. The lowest BCUT2D eigenvalue weighted by Crippen LogP contribution is -2.37. The average Bonchev–Trinajstić information content (AvgIpc) is 2.89. The summed E-state index contributed by atoms with van der Waals surface area (Å²) in [5.41, 5.74) is 0.824. The van der Waals surface area contributed by atoms with E-state index in [4.69, 9.17) is 9.90 Å². The highest BCUT2D eigenvalue weighted by molar-refractivity contribution is 7.99. The number of aromatic nitrogens is 1. The van der Waals surface area contributed by atoms with Crippen LogP contribution in [0, 0.1) is 5.41 Å². The number of likely N-dealkylation sites (tertiary alicyclic amines) is 2. The van der Waals surface area contributed by atoms with Gasteiger partial charge in [0.25, 0.3) is 0 Å². The summed E-state index contributed by atoms with van der Waals surface area (Å²) in [5.74, 6) is -1.75. The molecule has 1 spiro atoms. The summed E-state index contributed by atoms with van der Waals surface area (Å²) in [6.07, 6.45) is 3.99. The summed E-state index contributed by atoms with van der Waals surface area (Å²) in [7, 11) is 0. The molecule has 2 aliphatic rings. The molecule has 1 atom stereocenters. The van der Waals surface area contributed by atoms with E-state index >= 15 is 0 Å².